The highest BCUT2D eigenvalue weighted by Gasteiger charge is 2.01. The second kappa shape index (κ2) is 11.4. The molecule has 16 heavy (non-hydrogen) atoms. The molecule has 0 aromatic carbocycles. The lowest BCUT2D eigenvalue weighted by Gasteiger charge is -2.20. The van der Waals surface area contributed by atoms with Crippen molar-refractivity contribution in [2.24, 2.45) is 0 Å². The van der Waals surface area contributed by atoms with E-state index < -0.39 is 0 Å². The van der Waals surface area contributed by atoms with E-state index >= 15 is 0 Å². The molecule has 0 aromatic rings. The lowest BCUT2D eigenvalue weighted by molar-refractivity contribution is 0.0374. The largest absolute Gasteiger partial charge is 0.379 e. The topological polar surface area (TPSA) is 21.7 Å². The molecule has 0 rings (SSSR count). The van der Waals surface area contributed by atoms with Crippen LogP contribution >= 0.6 is 0 Å². The van der Waals surface area contributed by atoms with Crippen LogP contribution in [-0.4, -0.2) is 51.0 Å². The number of hydrogen-bond donors (Lipinski definition) is 0. The minimum absolute atomic E-state index is 0.592. The molecule has 0 atom stereocenters. The van der Waals surface area contributed by atoms with E-state index in [0.29, 0.717) is 6.04 Å². The van der Waals surface area contributed by atoms with Crippen LogP contribution in [0.25, 0.3) is 0 Å². The van der Waals surface area contributed by atoms with Gasteiger partial charge >= 0.3 is 0 Å². The number of nitrogens with zero attached hydrogens (tertiary/aromatic N) is 1. The lowest BCUT2D eigenvalue weighted by atomic mass is 10.3. The Hall–Kier alpha value is -0.120. The van der Waals surface area contributed by atoms with E-state index in [2.05, 4.69) is 32.7 Å². The number of ether oxygens (including phenoxy) is 2. The van der Waals surface area contributed by atoms with Crippen LogP contribution in [0.15, 0.2) is 0 Å². The monoisotopic (exact) mass is 231 g/mol. The summed E-state index contributed by atoms with van der Waals surface area (Å²) in [4.78, 5) is 2.28. The Morgan fingerprint density at radius 3 is 2.12 bits per heavy atom. The lowest BCUT2D eigenvalue weighted by Crippen LogP contribution is -2.30. The average Bonchev–Trinajstić information content (AvgIpc) is 2.26. The third kappa shape index (κ3) is 10.4. The molecule has 0 fully saturated rings. The summed E-state index contributed by atoms with van der Waals surface area (Å²) in [5.74, 6) is 0. The molecule has 0 unspecified atom stereocenters. The highest BCUT2D eigenvalue weighted by molar-refractivity contribution is 4.55. The molecule has 0 spiro atoms. The molecule has 98 valence electrons. The van der Waals surface area contributed by atoms with Gasteiger partial charge in [-0.1, -0.05) is 19.8 Å². The van der Waals surface area contributed by atoms with Crippen molar-refractivity contribution in [3.63, 3.8) is 0 Å². The molecule has 0 radical (unpaired) electrons. The Morgan fingerprint density at radius 2 is 1.56 bits per heavy atom. The van der Waals surface area contributed by atoms with Crippen molar-refractivity contribution >= 4 is 0 Å². The van der Waals surface area contributed by atoms with Gasteiger partial charge < -0.3 is 14.4 Å². The number of unbranched alkanes of at least 4 members (excludes halogenated alkanes) is 2. The predicted molar refractivity (Wildman–Crippen MR) is 68.9 cm³/mol. The third-order valence-corrected chi connectivity index (χ3v) is 2.73. The molecule has 3 nitrogen and oxygen atoms in total. The molecule has 0 aliphatic carbocycles. The van der Waals surface area contributed by atoms with E-state index in [-0.39, 0.29) is 0 Å². The van der Waals surface area contributed by atoms with E-state index in [4.69, 9.17) is 9.47 Å². The molecule has 0 amide bonds. The van der Waals surface area contributed by atoms with E-state index in [1.807, 2.05) is 0 Å². The number of likely N-dealkylation sites (N-methyl/N-ethyl adjacent to an activating group) is 1. The summed E-state index contributed by atoms with van der Waals surface area (Å²) in [6.07, 6.45) is 3.69. The van der Waals surface area contributed by atoms with E-state index in [0.717, 1.165) is 33.0 Å². The molecule has 3 heteroatoms. The van der Waals surface area contributed by atoms with Gasteiger partial charge in [0.25, 0.3) is 0 Å². The van der Waals surface area contributed by atoms with Gasteiger partial charge in [0.2, 0.25) is 0 Å². The van der Waals surface area contributed by atoms with Crippen molar-refractivity contribution in [2.75, 3.05) is 40.0 Å². The molecule has 0 aliphatic heterocycles. The molecule has 0 saturated carbocycles. The maximum atomic E-state index is 5.49. The number of rotatable bonds is 11. The van der Waals surface area contributed by atoms with Crippen molar-refractivity contribution in [1.29, 1.82) is 0 Å². The molecule has 0 saturated heterocycles. The first-order valence-corrected chi connectivity index (χ1v) is 6.54. The summed E-state index contributed by atoms with van der Waals surface area (Å²) in [6, 6.07) is 0.592. The van der Waals surface area contributed by atoms with Crippen LogP contribution in [-0.2, 0) is 9.47 Å². The van der Waals surface area contributed by atoms with Gasteiger partial charge in [-0.05, 0) is 27.3 Å². The summed E-state index contributed by atoms with van der Waals surface area (Å²) in [5, 5.41) is 0. The molecule has 0 N–H and O–H groups in total. The van der Waals surface area contributed by atoms with Crippen LogP contribution in [0.1, 0.15) is 40.0 Å². The summed E-state index contributed by atoms with van der Waals surface area (Å²) in [7, 11) is 2.12. The second-order valence-electron chi connectivity index (χ2n) is 4.51. The van der Waals surface area contributed by atoms with Crippen molar-refractivity contribution in [3.8, 4) is 0 Å². The van der Waals surface area contributed by atoms with E-state index in [1.54, 1.807) is 0 Å². The predicted octanol–water partition coefficient (Wildman–Crippen LogP) is 2.55. The molecule has 0 heterocycles. The van der Waals surface area contributed by atoms with E-state index in [9.17, 15) is 0 Å². The van der Waals surface area contributed by atoms with Crippen molar-refractivity contribution in [1.82, 2.24) is 4.90 Å². The van der Waals surface area contributed by atoms with Gasteiger partial charge in [0.15, 0.2) is 0 Å². The smallest absolute Gasteiger partial charge is 0.0701 e. The maximum Gasteiger partial charge on any atom is 0.0701 e. The molecule has 0 aromatic heterocycles. The Labute approximate surface area is 101 Å². The van der Waals surface area contributed by atoms with Crippen LogP contribution in [0, 0.1) is 0 Å². The Kier molecular flexibility index (Phi) is 11.3. The van der Waals surface area contributed by atoms with Crippen molar-refractivity contribution in [2.45, 2.75) is 46.1 Å². The minimum Gasteiger partial charge on any atom is -0.379 e. The average molecular weight is 231 g/mol. The van der Waals surface area contributed by atoms with Gasteiger partial charge in [-0.3, -0.25) is 0 Å². The van der Waals surface area contributed by atoms with Gasteiger partial charge in [-0.25, -0.2) is 0 Å². The first-order chi connectivity index (χ1) is 7.68. The van der Waals surface area contributed by atoms with Crippen molar-refractivity contribution < 1.29 is 9.47 Å². The summed E-state index contributed by atoms with van der Waals surface area (Å²) < 4.78 is 10.9. The SMILES string of the molecule is CCCCCOCCOCCN(C)C(C)C. The summed E-state index contributed by atoms with van der Waals surface area (Å²) >= 11 is 0. The van der Waals surface area contributed by atoms with Crippen LogP contribution < -0.4 is 0 Å². The molecular formula is C13H29NO2. The summed E-state index contributed by atoms with van der Waals surface area (Å²) in [5.41, 5.74) is 0. The van der Waals surface area contributed by atoms with Crippen LogP contribution in [0.4, 0.5) is 0 Å². The second-order valence-corrected chi connectivity index (χ2v) is 4.51. The first kappa shape index (κ1) is 15.9. The normalized spacial score (nSPS) is 11.6. The van der Waals surface area contributed by atoms with Gasteiger partial charge in [0.1, 0.15) is 0 Å². The zero-order valence-electron chi connectivity index (χ0n) is 11.5. The van der Waals surface area contributed by atoms with Gasteiger partial charge in [-0.2, -0.15) is 0 Å². The van der Waals surface area contributed by atoms with E-state index in [1.165, 1.54) is 19.3 Å². The Morgan fingerprint density at radius 1 is 0.938 bits per heavy atom. The highest BCUT2D eigenvalue weighted by atomic mass is 16.5. The van der Waals surface area contributed by atoms with Crippen LogP contribution in [0.5, 0.6) is 0 Å². The Bertz CT molecular complexity index is 140. The zero-order chi connectivity index (χ0) is 12.2. The van der Waals surface area contributed by atoms with Gasteiger partial charge in [0.05, 0.1) is 19.8 Å². The maximum absolute atomic E-state index is 5.49. The fourth-order valence-electron chi connectivity index (χ4n) is 1.24. The third-order valence-electron chi connectivity index (χ3n) is 2.73. The number of hydrogen-bond acceptors (Lipinski definition) is 3. The van der Waals surface area contributed by atoms with Gasteiger partial charge in [0, 0.05) is 19.2 Å². The van der Waals surface area contributed by atoms with Crippen molar-refractivity contribution in [3.05, 3.63) is 0 Å². The highest BCUT2D eigenvalue weighted by Crippen LogP contribution is 1.94. The Balaban J connectivity index is 3.04. The summed E-state index contributed by atoms with van der Waals surface area (Å²) in [6.45, 7) is 10.7. The minimum atomic E-state index is 0.592. The van der Waals surface area contributed by atoms with Gasteiger partial charge in [-0.15, -0.1) is 0 Å². The fourth-order valence-corrected chi connectivity index (χ4v) is 1.24. The molecular weight excluding hydrogens is 202 g/mol. The zero-order valence-corrected chi connectivity index (χ0v) is 11.5. The van der Waals surface area contributed by atoms with Crippen LogP contribution in [0.2, 0.25) is 0 Å². The quantitative estimate of drug-likeness (QED) is 0.510. The molecule has 0 aliphatic rings. The first-order valence-electron chi connectivity index (χ1n) is 6.54. The standard InChI is InChI=1S/C13H29NO2/c1-5-6-7-9-15-11-12-16-10-8-14(4)13(2)3/h13H,5-12H2,1-4H3. The fraction of sp³-hybridized carbons (Fsp3) is 1.00. The molecule has 0 bridgehead atoms. The van der Waals surface area contributed by atoms with Crippen LogP contribution in [0.3, 0.4) is 0 Å².